The van der Waals surface area contributed by atoms with E-state index in [2.05, 4.69) is 18.7 Å². The van der Waals surface area contributed by atoms with E-state index in [-0.39, 0.29) is 12.5 Å². The van der Waals surface area contributed by atoms with Crippen LogP contribution in [-0.4, -0.2) is 47.8 Å². The highest BCUT2D eigenvalue weighted by Gasteiger charge is 2.28. The minimum atomic E-state index is -0.792. The minimum Gasteiger partial charge on any atom is -0.481 e. The van der Waals surface area contributed by atoms with Gasteiger partial charge in [-0.3, -0.25) is 9.69 Å². The van der Waals surface area contributed by atoms with Crippen LogP contribution in [0.2, 0.25) is 0 Å². The van der Waals surface area contributed by atoms with Gasteiger partial charge in [-0.2, -0.15) is 0 Å². The van der Waals surface area contributed by atoms with Gasteiger partial charge in [0, 0.05) is 19.1 Å². The number of ether oxygens (including phenoxy) is 1. The van der Waals surface area contributed by atoms with Gasteiger partial charge >= 0.3 is 5.97 Å². The number of carboxylic acids is 1. The number of carbonyl (C=O) groups is 1. The zero-order valence-electron chi connectivity index (χ0n) is 8.19. The first-order valence-electron chi connectivity index (χ1n) is 4.67. The highest BCUT2D eigenvalue weighted by atomic mass is 16.5. The van der Waals surface area contributed by atoms with Crippen LogP contribution in [0.15, 0.2) is 0 Å². The Balaban J connectivity index is 1.99. The van der Waals surface area contributed by atoms with E-state index < -0.39 is 5.97 Å². The second-order valence-corrected chi connectivity index (χ2v) is 3.68. The standard InChI is InChI=1S/C9H17NO3/c1-7(2)10-5-8(6-10)13-4-3-9(11)12/h7-8H,3-6H2,1-2H3,(H,11,12). The summed E-state index contributed by atoms with van der Waals surface area (Å²) < 4.78 is 5.35. The lowest BCUT2D eigenvalue weighted by Crippen LogP contribution is -2.55. The largest absolute Gasteiger partial charge is 0.481 e. The SMILES string of the molecule is CC(C)N1CC(OCCC(=O)O)C1. The third-order valence-corrected chi connectivity index (χ3v) is 2.28. The number of hydrogen-bond donors (Lipinski definition) is 1. The monoisotopic (exact) mass is 187 g/mol. The Labute approximate surface area is 78.5 Å². The molecule has 0 radical (unpaired) electrons. The fraction of sp³-hybridized carbons (Fsp3) is 0.889. The summed E-state index contributed by atoms with van der Waals surface area (Å²) in [5.41, 5.74) is 0. The van der Waals surface area contributed by atoms with Gasteiger partial charge in [0.2, 0.25) is 0 Å². The average molecular weight is 187 g/mol. The van der Waals surface area contributed by atoms with Crippen molar-refractivity contribution in [3.05, 3.63) is 0 Å². The topological polar surface area (TPSA) is 49.8 Å². The predicted octanol–water partition coefficient (Wildman–Crippen LogP) is 0.570. The molecule has 4 heteroatoms. The van der Waals surface area contributed by atoms with Gasteiger partial charge in [-0.05, 0) is 13.8 Å². The molecule has 0 saturated carbocycles. The maximum atomic E-state index is 10.2. The van der Waals surface area contributed by atoms with E-state index in [0.29, 0.717) is 12.6 Å². The summed E-state index contributed by atoms with van der Waals surface area (Å²) in [6.07, 6.45) is 0.361. The Morgan fingerprint density at radius 1 is 1.62 bits per heavy atom. The molecule has 1 aliphatic heterocycles. The Hall–Kier alpha value is -0.610. The van der Waals surface area contributed by atoms with Gasteiger partial charge in [0.15, 0.2) is 0 Å². The maximum absolute atomic E-state index is 10.2. The van der Waals surface area contributed by atoms with E-state index in [9.17, 15) is 4.79 Å². The summed E-state index contributed by atoms with van der Waals surface area (Å²) in [4.78, 5) is 12.5. The van der Waals surface area contributed by atoms with E-state index in [4.69, 9.17) is 9.84 Å². The van der Waals surface area contributed by atoms with Gasteiger partial charge in [-0.1, -0.05) is 0 Å². The van der Waals surface area contributed by atoms with E-state index in [0.717, 1.165) is 13.1 Å². The van der Waals surface area contributed by atoms with Gasteiger partial charge in [0.05, 0.1) is 19.1 Å². The average Bonchev–Trinajstić information content (AvgIpc) is 1.92. The molecule has 76 valence electrons. The number of aliphatic carboxylic acids is 1. The molecule has 0 aromatic heterocycles. The van der Waals surface area contributed by atoms with E-state index in [1.165, 1.54) is 0 Å². The number of carboxylic acid groups (broad SMARTS) is 1. The Morgan fingerprint density at radius 3 is 2.69 bits per heavy atom. The fourth-order valence-corrected chi connectivity index (χ4v) is 1.31. The molecular formula is C9H17NO3. The zero-order valence-corrected chi connectivity index (χ0v) is 8.19. The Kier molecular flexibility index (Phi) is 3.69. The quantitative estimate of drug-likeness (QED) is 0.683. The van der Waals surface area contributed by atoms with Crippen molar-refractivity contribution in [3.63, 3.8) is 0 Å². The zero-order chi connectivity index (χ0) is 9.84. The van der Waals surface area contributed by atoms with Gasteiger partial charge in [0.1, 0.15) is 0 Å². The molecule has 0 amide bonds. The molecule has 0 atom stereocenters. The van der Waals surface area contributed by atoms with Crippen molar-refractivity contribution in [1.29, 1.82) is 0 Å². The Morgan fingerprint density at radius 2 is 2.23 bits per heavy atom. The first kappa shape index (κ1) is 10.5. The lowest BCUT2D eigenvalue weighted by Gasteiger charge is -2.41. The van der Waals surface area contributed by atoms with Crippen molar-refractivity contribution < 1.29 is 14.6 Å². The third-order valence-electron chi connectivity index (χ3n) is 2.28. The van der Waals surface area contributed by atoms with Crippen LogP contribution in [0.1, 0.15) is 20.3 Å². The third kappa shape index (κ3) is 3.32. The van der Waals surface area contributed by atoms with Crippen LogP contribution in [0.4, 0.5) is 0 Å². The number of nitrogens with zero attached hydrogens (tertiary/aromatic N) is 1. The molecule has 1 heterocycles. The van der Waals surface area contributed by atoms with Crippen molar-refractivity contribution in [2.24, 2.45) is 0 Å². The second kappa shape index (κ2) is 4.58. The molecule has 0 aliphatic carbocycles. The summed E-state index contributed by atoms with van der Waals surface area (Å²) in [7, 11) is 0. The summed E-state index contributed by atoms with van der Waals surface area (Å²) in [6, 6.07) is 0.569. The van der Waals surface area contributed by atoms with Gasteiger partial charge < -0.3 is 9.84 Å². The number of rotatable bonds is 5. The molecular weight excluding hydrogens is 170 g/mol. The molecule has 0 unspecified atom stereocenters. The summed E-state index contributed by atoms with van der Waals surface area (Å²) in [6.45, 7) is 6.52. The van der Waals surface area contributed by atoms with Crippen LogP contribution in [0.5, 0.6) is 0 Å². The van der Waals surface area contributed by atoms with Crippen molar-refractivity contribution >= 4 is 5.97 Å². The van der Waals surface area contributed by atoms with Gasteiger partial charge in [-0.15, -0.1) is 0 Å². The molecule has 0 aromatic rings. The molecule has 4 nitrogen and oxygen atoms in total. The Bertz CT molecular complexity index is 176. The maximum Gasteiger partial charge on any atom is 0.305 e. The lowest BCUT2D eigenvalue weighted by molar-refractivity contribution is -0.140. The summed E-state index contributed by atoms with van der Waals surface area (Å²) in [5, 5.41) is 8.37. The van der Waals surface area contributed by atoms with Crippen LogP contribution in [0.25, 0.3) is 0 Å². The molecule has 1 aliphatic rings. The van der Waals surface area contributed by atoms with Gasteiger partial charge in [0.25, 0.3) is 0 Å². The second-order valence-electron chi connectivity index (χ2n) is 3.68. The van der Waals surface area contributed by atoms with Crippen molar-refractivity contribution in [3.8, 4) is 0 Å². The molecule has 1 rings (SSSR count). The normalized spacial score (nSPS) is 19.0. The first-order chi connectivity index (χ1) is 6.09. The highest BCUT2D eigenvalue weighted by molar-refractivity contribution is 5.66. The van der Waals surface area contributed by atoms with Crippen LogP contribution in [-0.2, 0) is 9.53 Å². The van der Waals surface area contributed by atoms with Crippen molar-refractivity contribution in [1.82, 2.24) is 4.90 Å². The lowest BCUT2D eigenvalue weighted by atomic mass is 10.1. The highest BCUT2D eigenvalue weighted by Crippen LogP contribution is 2.14. The molecule has 1 saturated heterocycles. The molecule has 13 heavy (non-hydrogen) atoms. The number of hydrogen-bond acceptors (Lipinski definition) is 3. The van der Waals surface area contributed by atoms with Crippen molar-refractivity contribution in [2.75, 3.05) is 19.7 Å². The van der Waals surface area contributed by atoms with Crippen LogP contribution in [0.3, 0.4) is 0 Å². The van der Waals surface area contributed by atoms with Gasteiger partial charge in [-0.25, -0.2) is 0 Å². The van der Waals surface area contributed by atoms with E-state index in [1.54, 1.807) is 0 Å². The van der Waals surface area contributed by atoms with E-state index in [1.807, 2.05) is 0 Å². The van der Waals surface area contributed by atoms with Crippen LogP contribution >= 0.6 is 0 Å². The summed E-state index contributed by atoms with van der Waals surface area (Å²) in [5.74, 6) is -0.792. The van der Waals surface area contributed by atoms with E-state index >= 15 is 0 Å². The summed E-state index contributed by atoms with van der Waals surface area (Å²) >= 11 is 0. The molecule has 0 spiro atoms. The van der Waals surface area contributed by atoms with Crippen molar-refractivity contribution in [2.45, 2.75) is 32.4 Å². The first-order valence-corrected chi connectivity index (χ1v) is 4.67. The molecule has 0 bridgehead atoms. The van der Waals surface area contributed by atoms with Crippen LogP contribution < -0.4 is 0 Å². The number of likely N-dealkylation sites (tertiary alicyclic amines) is 1. The molecule has 1 N–H and O–H groups in total. The smallest absolute Gasteiger partial charge is 0.305 e. The van der Waals surface area contributed by atoms with Crippen LogP contribution in [0, 0.1) is 0 Å². The molecule has 1 fully saturated rings. The fourth-order valence-electron chi connectivity index (χ4n) is 1.31. The minimum absolute atomic E-state index is 0.109. The predicted molar refractivity (Wildman–Crippen MR) is 48.7 cm³/mol. The molecule has 0 aromatic carbocycles.